The van der Waals surface area contributed by atoms with Crippen molar-refractivity contribution in [1.82, 2.24) is 10.2 Å². The molecule has 2 fully saturated rings. The molecule has 0 aromatic heterocycles. The van der Waals surface area contributed by atoms with Gasteiger partial charge < -0.3 is 15.3 Å². The Morgan fingerprint density at radius 3 is 2.78 bits per heavy atom. The molecule has 2 atom stereocenters. The first kappa shape index (κ1) is 13.8. The molecule has 2 aliphatic heterocycles. The zero-order valence-electron chi connectivity index (χ0n) is 11.6. The van der Waals surface area contributed by atoms with E-state index in [-0.39, 0.29) is 17.4 Å². The van der Waals surface area contributed by atoms with Crippen LogP contribution in [0.25, 0.3) is 0 Å². The predicted molar refractivity (Wildman–Crippen MR) is 71.2 cm³/mol. The van der Waals surface area contributed by atoms with Crippen LogP contribution in [0.3, 0.4) is 0 Å². The van der Waals surface area contributed by atoms with Gasteiger partial charge in [-0.2, -0.15) is 0 Å². The van der Waals surface area contributed by atoms with E-state index in [0.717, 1.165) is 13.0 Å². The van der Waals surface area contributed by atoms with Crippen LogP contribution in [0.5, 0.6) is 0 Å². The molecule has 0 aliphatic carbocycles. The summed E-state index contributed by atoms with van der Waals surface area (Å²) in [6.07, 6.45) is 4.62. The van der Waals surface area contributed by atoms with Crippen LogP contribution in [-0.2, 0) is 4.79 Å². The fraction of sp³-hybridized carbons (Fsp3) is 0.929. The van der Waals surface area contributed by atoms with E-state index in [1.54, 1.807) is 0 Å². The topological polar surface area (TPSA) is 52.6 Å². The van der Waals surface area contributed by atoms with Gasteiger partial charge in [0, 0.05) is 31.0 Å². The normalized spacial score (nSPS) is 32.3. The van der Waals surface area contributed by atoms with Crippen LogP contribution in [0, 0.1) is 5.41 Å². The van der Waals surface area contributed by atoms with Gasteiger partial charge in [0.25, 0.3) is 0 Å². The van der Waals surface area contributed by atoms with Gasteiger partial charge in [-0.3, -0.25) is 4.79 Å². The smallest absolute Gasteiger partial charge is 0.224 e. The predicted octanol–water partition coefficient (Wildman–Crippen LogP) is 1.14. The lowest BCUT2D eigenvalue weighted by Gasteiger charge is -2.42. The zero-order chi connectivity index (χ0) is 13.2. The third-order valence-electron chi connectivity index (χ3n) is 4.36. The summed E-state index contributed by atoms with van der Waals surface area (Å²) in [7, 11) is 0. The molecule has 2 unspecified atom stereocenters. The standard InChI is InChI=1S/C14H26N2O2/c1-14(2)10-16(8-6-12(14)17)13(18)9-11-5-3-4-7-15-11/h11-12,15,17H,3-10H2,1-2H3. The lowest BCUT2D eigenvalue weighted by atomic mass is 9.81. The molecule has 0 radical (unpaired) electrons. The van der Waals surface area contributed by atoms with Gasteiger partial charge in [-0.25, -0.2) is 0 Å². The minimum atomic E-state index is -0.283. The summed E-state index contributed by atoms with van der Waals surface area (Å²) in [6.45, 7) is 6.50. The van der Waals surface area contributed by atoms with E-state index in [1.807, 2.05) is 18.7 Å². The summed E-state index contributed by atoms with van der Waals surface area (Å²) in [4.78, 5) is 14.2. The molecule has 2 aliphatic rings. The van der Waals surface area contributed by atoms with Crippen LogP contribution < -0.4 is 5.32 Å². The van der Waals surface area contributed by atoms with Crippen LogP contribution in [0.1, 0.15) is 46.0 Å². The van der Waals surface area contributed by atoms with Crippen molar-refractivity contribution in [2.45, 2.75) is 58.1 Å². The number of piperidine rings is 2. The van der Waals surface area contributed by atoms with Gasteiger partial charge in [0.2, 0.25) is 5.91 Å². The van der Waals surface area contributed by atoms with Gasteiger partial charge in [-0.15, -0.1) is 0 Å². The van der Waals surface area contributed by atoms with Crippen molar-refractivity contribution in [2.75, 3.05) is 19.6 Å². The van der Waals surface area contributed by atoms with Crippen molar-refractivity contribution < 1.29 is 9.90 Å². The van der Waals surface area contributed by atoms with Crippen molar-refractivity contribution in [1.29, 1.82) is 0 Å². The number of aliphatic hydroxyl groups is 1. The van der Waals surface area contributed by atoms with E-state index >= 15 is 0 Å². The summed E-state index contributed by atoms with van der Waals surface area (Å²) < 4.78 is 0. The second-order valence-electron chi connectivity index (χ2n) is 6.46. The molecule has 4 heteroatoms. The number of rotatable bonds is 2. The quantitative estimate of drug-likeness (QED) is 0.777. The second kappa shape index (κ2) is 5.57. The van der Waals surface area contributed by atoms with Gasteiger partial charge in [0.15, 0.2) is 0 Å². The van der Waals surface area contributed by atoms with Crippen LogP contribution in [0.4, 0.5) is 0 Å². The first-order chi connectivity index (χ1) is 8.49. The second-order valence-corrected chi connectivity index (χ2v) is 6.46. The Kier molecular flexibility index (Phi) is 4.28. The SMILES string of the molecule is CC1(C)CN(C(=O)CC2CCCCN2)CCC1O. The van der Waals surface area contributed by atoms with Crippen LogP contribution >= 0.6 is 0 Å². The molecule has 1 amide bonds. The molecular weight excluding hydrogens is 228 g/mol. The largest absolute Gasteiger partial charge is 0.392 e. The Balaban J connectivity index is 1.85. The van der Waals surface area contributed by atoms with E-state index in [9.17, 15) is 9.90 Å². The minimum absolute atomic E-state index is 0.173. The first-order valence-electron chi connectivity index (χ1n) is 7.18. The number of nitrogens with zero attached hydrogens (tertiary/aromatic N) is 1. The van der Waals surface area contributed by atoms with Gasteiger partial charge in [0.05, 0.1) is 6.10 Å². The van der Waals surface area contributed by atoms with Gasteiger partial charge >= 0.3 is 0 Å². The molecule has 0 spiro atoms. The van der Waals surface area contributed by atoms with Crippen molar-refractivity contribution in [3.63, 3.8) is 0 Å². The zero-order valence-corrected chi connectivity index (χ0v) is 11.6. The number of aliphatic hydroxyl groups excluding tert-OH is 1. The molecule has 2 N–H and O–H groups in total. The maximum absolute atomic E-state index is 12.3. The molecule has 2 heterocycles. The van der Waals surface area contributed by atoms with Crippen molar-refractivity contribution in [2.24, 2.45) is 5.41 Å². The number of carbonyl (C=O) groups is 1. The van der Waals surface area contributed by atoms with E-state index in [2.05, 4.69) is 5.32 Å². The highest BCUT2D eigenvalue weighted by Crippen LogP contribution is 2.29. The van der Waals surface area contributed by atoms with Crippen LogP contribution in [-0.4, -0.2) is 47.7 Å². The average Bonchev–Trinajstić information content (AvgIpc) is 2.34. The maximum atomic E-state index is 12.3. The van der Waals surface area contributed by atoms with Gasteiger partial charge in [0.1, 0.15) is 0 Å². The highest BCUT2D eigenvalue weighted by Gasteiger charge is 2.36. The molecule has 2 rings (SSSR count). The maximum Gasteiger partial charge on any atom is 0.224 e. The highest BCUT2D eigenvalue weighted by molar-refractivity contribution is 5.77. The first-order valence-corrected chi connectivity index (χ1v) is 7.18. The van der Waals surface area contributed by atoms with E-state index in [1.165, 1.54) is 12.8 Å². The molecular formula is C14H26N2O2. The minimum Gasteiger partial charge on any atom is -0.392 e. The average molecular weight is 254 g/mol. The van der Waals surface area contributed by atoms with E-state index in [4.69, 9.17) is 0 Å². The summed E-state index contributed by atoms with van der Waals surface area (Å²) >= 11 is 0. The Bertz CT molecular complexity index is 298. The highest BCUT2D eigenvalue weighted by atomic mass is 16.3. The van der Waals surface area contributed by atoms with Crippen molar-refractivity contribution >= 4 is 5.91 Å². The summed E-state index contributed by atoms with van der Waals surface area (Å²) in [6, 6.07) is 0.362. The summed E-state index contributed by atoms with van der Waals surface area (Å²) in [5, 5.41) is 13.3. The number of hydrogen-bond acceptors (Lipinski definition) is 3. The van der Waals surface area contributed by atoms with E-state index in [0.29, 0.717) is 32.0 Å². The molecule has 4 nitrogen and oxygen atoms in total. The number of likely N-dealkylation sites (tertiary alicyclic amines) is 1. The lowest BCUT2D eigenvalue weighted by molar-refractivity contribution is -0.138. The monoisotopic (exact) mass is 254 g/mol. The fourth-order valence-corrected chi connectivity index (χ4v) is 3.00. The molecule has 104 valence electrons. The molecule has 2 saturated heterocycles. The molecule has 0 aromatic carbocycles. The molecule has 0 saturated carbocycles. The lowest BCUT2D eigenvalue weighted by Crippen LogP contribution is -2.51. The number of nitrogens with one attached hydrogen (secondary N) is 1. The van der Waals surface area contributed by atoms with Gasteiger partial charge in [-0.05, 0) is 25.8 Å². The van der Waals surface area contributed by atoms with E-state index < -0.39 is 0 Å². The third-order valence-corrected chi connectivity index (χ3v) is 4.36. The van der Waals surface area contributed by atoms with Crippen molar-refractivity contribution in [3.05, 3.63) is 0 Å². The van der Waals surface area contributed by atoms with Gasteiger partial charge in [-0.1, -0.05) is 20.3 Å². The fourth-order valence-electron chi connectivity index (χ4n) is 3.00. The molecule has 0 aromatic rings. The number of amides is 1. The number of hydrogen-bond donors (Lipinski definition) is 2. The van der Waals surface area contributed by atoms with Crippen LogP contribution in [0.2, 0.25) is 0 Å². The Morgan fingerprint density at radius 1 is 1.39 bits per heavy atom. The Hall–Kier alpha value is -0.610. The van der Waals surface area contributed by atoms with Crippen molar-refractivity contribution in [3.8, 4) is 0 Å². The number of carbonyl (C=O) groups excluding carboxylic acids is 1. The Labute approximate surface area is 110 Å². The summed E-state index contributed by atoms with van der Waals surface area (Å²) in [5.74, 6) is 0.245. The van der Waals surface area contributed by atoms with Crippen LogP contribution in [0.15, 0.2) is 0 Å². The molecule has 0 bridgehead atoms. The Morgan fingerprint density at radius 2 is 2.17 bits per heavy atom. The summed E-state index contributed by atoms with van der Waals surface area (Å²) in [5.41, 5.74) is -0.173. The molecule has 18 heavy (non-hydrogen) atoms. The third kappa shape index (κ3) is 3.23.